The van der Waals surface area contributed by atoms with Crippen LogP contribution in [0.1, 0.15) is 5.56 Å². The molecule has 0 aliphatic heterocycles. The molecule has 1 aromatic heterocycles. The number of benzene rings is 2. The fourth-order valence-electron chi connectivity index (χ4n) is 2.68. The van der Waals surface area contributed by atoms with Gasteiger partial charge >= 0.3 is 0 Å². The number of nitrogens with zero attached hydrogens (tertiary/aromatic N) is 2. The second-order valence-corrected chi connectivity index (χ2v) is 5.61. The minimum atomic E-state index is -0.266. The molecule has 3 aromatic rings. The van der Waals surface area contributed by atoms with Crippen molar-refractivity contribution >= 4 is 16.7 Å². The average molecular weight is 337 g/mol. The zero-order valence-corrected chi connectivity index (χ0v) is 13.9. The van der Waals surface area contributed by atoms with Crippen LogP contribution in [-0.4, -0.2) is 29.3 Å². The van der Waals surface area contributed by atoms with Crippen molar-refractivity contribution in [2.24, 2.45) is 0 Å². The Morgan fingerprint density at radius 2 is 1.92 bits per heavy atom. The molecule has 0 aliphatic carbocycles. The fourth-order valence-corrected chi connectivity index (χ4v) is 2.68. The number of hydrogen-bond acceptors (Lipinski definition) is 4. The first-order chi connectivity index (χ1) is 12.2. The number of hydrogen-bond donors (Lipinski definition) is 1. The van der Waals surface area contributed by atoms with Crippen LogP contribution < -0.4 is 15.6 Å². The maximum Gasteiger partial charge on any atom is 0.275 e. The lowest BCUT2D eigenvalue weighted by molar-refractivity contribution is -0.121. The van der Waals surface area contributed by atoms with Crippen molar-refractivity contribution in [3.63, 3.8) is 0 Å². The van der Waals surface area contributed by atoms with Crippen LogP contribution in [0.2, 0.25) is 0 Å². The van der Waals surface area contributed by atoms with Crippen LogP contribution in [0.5, 0.6) is 5.75 Å². The predicted molar refractivity (Wildman–Crippen MR) is 95.7 cm³/mol. The summed E-state index contributed by atoms with van der Waals surface area (Å²) in [6.07, 6.45) is 2.24. The van der Waals surface area contributed by atoms with E-state index in [4.69, 9.17) is 4.74 Å². The number of para-hydroxylation sites is 1. The monoisotopic (exact) mass is 337 g/mol. The topological polar surface area (TPSA) is 73.2 Å². The maximum absolute atomic E-state index is 12.3. The summed E-state index contributed by atoms with van der Waals surface area (Å²) < 4.78 is 6.47. The first kappa shape index (κ1) is 16.7. The molecule has 2 aromatic carbocycles. The van der Waals surface area contributed by atoms with Gasteiger partial charge < -0.3 is 10.1 Å². The van der Waals surface area contributed by atoms with Gasteiger partial charge in [0.1, 0.15) is 12.3 Å². The molecule has 0 atom stereocenters. The molecule has 0 saturated heterocycles. The van der Waals surface area contributed by atoms with E-state index in [0.717, 1.165) is 16.7 Å². The van der Waals surface area contributed by atoms with Gasteiger partial charge in [-0.3, -0.25) is 9.59 Å². The third-order valence-corrected chi connectivity index (χ3v) is 3.96. The molecule has 6 heteroatoms. The third kappa shape index (κ3) is 3.85. The molecule has 6 nitrogen and oxygen atoms in total. The normalized spacial score (nSPS) is 10.6. The zero-order valence-electron chi connectivity index (χ0n) is 13.9. The third-order valence-electron chi connectivity index (χ3n) is 3.96. The van der Waals surface area contributed by atoms with Crippen LogP contribution in [0.15, 0.2) is 59.5 Å². The van der Waals surface area contributed by atoms with E-state index >= 15 is 0 Å². The number of amides is 1. The Hall–Kier alpha value is -3.15. The highest BCUT2D eigenvalue weighted by atomic mass is 16.5. The zero-order chi connectivity index (χ0) is 17.6. The molecule has 1 amide bonds. The number of carbonyl (C=O) groups is 1. The Kier molecular flexibility index (Phi) is 5.09. The summed E-state index contributed by atoms with van der Waals surface area (Å²) in [6, 6.07) is 14.9. The van der Waals surface area contributed by atoms with Crippen molar-refractivity contribution in [2.75, 3.05) is 13.7 Å². The van der Waals surface area contributed by atoms with Gasteiger partial charge in [-0.25, -0.2) is 4.68 Å². The van der Waals surface area contributed by atoms with Crippen LogP contribution in [0.3, 0.4) is 0 Å². The fraction of sp³-hybridized carbons (Fsp3) is 0.211. The van der Waals surface area contributed by atoms with Gasteiger partial charge in [-0.05, 0) is 24.1 Å². The number of ether oxygens (including phenoxy) is 1. The Balaban J connectivity index is 1.61. The van der Waals surface area contributed by atoms with Crippen molar-refractivity contribution in [1.29, 1.82) is 0 Å². The number of rotatable bonds is 6. The van der Waals surface area contributed by atoms with Gasteiger partial charge in [0.2, 0.25) is 5.91 Å². The second kappa shape index (κ2) is 7.61. The molecule has 3 rings (SSSR count). The molecular weight excluding hydrogens is 318 g/mol. The number of aromatic nitrogens is 2. The molecule has 0 saturated carbocycles. The Morgan fingerprint density at radius 1 is 1.16 bits per heavy atom. The van der Waals surface area contributed by atoms with E-state index in [-0.39, 0.29) is 18.0 Å². The largest absolute Gasteiger partial charge is 0.496 e. The highest BCUT2D eigenvalue weighted by Gasteiger charge is 2.08. The number of nitrogens with one attached hydrogen (secondary N) is 1. The molecule has 1 heterocycles. The van der Waals surface area contributed by atoms with Crippen molar-refractivity contribution in [1.82, 2.24) is 15.1 Å². The lowest BCUT2D eigenvalue weighted by atomic mass is 10.1. The van der Waals surface area contributed by atoms with E-state index in [0.29, 0.717) is 18.4 Å². The van der Waals surface area contributed by atoms with Crippen molar-refractivity contribution < 1.29 is 9.53 Å². The first-order valence-corrected chi connectivity index (χ1v) is 8.02. The molecule has 25 heavy (non-hydrogen) atoms. The lowest BCUT2D eigenvalue weighted by Gasteiger charge is -2.10. The van der Waals surface area contributed by atoms with E-state index in [9.17, 15) is 9.59 Å². The van der Waals surface area contributed by atoms with Gasteiger partial charge in [-0.2, -0.15) is 5.10 Å². The molecule has 0 fully saturated rings. The summed E-state index contributed by atoms with van der Waals surface area (Å²) in [4.78, 5) is 24.5. The molecule has 1 N–H and O–H groups in total. The summed E-state index contributed by atoms with van der Waals surface area (Å²) in [6.45, 7) is 0.358. The molecule has 0 aliphatic rings. The Bertz CT molecular complexity index is 950. The first-order valence-electron chi connectivity index (χ1n) is 8.02. The summed E-state index contributed by atoms with van der Waals surface area (Å²) >= 11 is 0. The number of methoxy groups -OCH3 is 1. The highest BCUT2D eigenvalue weighted by Crippen LogP contribution is 2.17. The quantitative estimate of drug-likeness (QED) is 0.744. The van der Waals surface area contributed by atoms with Crippen LogP contribution in [0.4, 0.5) is 0 Å². The number of fused-ring (bicyclic) bond motifs is 1. The van der Waals surface area contributed by atoms with Crippen molar-refractivity contribution in [2.45, 2.75) is 13.0 Å². The minimum absolute atomic E-state index is 0.102. The van der Waals surface area contributed by atoms with Crippen LogP contribution >= 0.6 is 0 Å². The summed E-state index contributed by atoms with van der Waals surface area (Å²) in [5, 5.41) is 8.19. The Morgan fingerprint density at radius 3 is 2.76 bits per heavy atom. The van der Waals surface area contributed by atoms with Crippen molar-refractivity contribution in [3.8, 4) is 5.75 Å². The smallest absolute Gasteiger partial charge is 0.275 e. The second-order valence-electron chi connectivity index (χ2n) is 5.61. The van der Waals surface area contributed by atoms with Gasteiger partial charge in [0.05, 0.1) is 18.7 Å². The Labute approximate surface area is 145 Å². The molecule has 0 radical (unpaired) electrons. The molecular formula is C19H19N3O3. The molecule has 128 valence electrons. The van der Waals surface area contributed by atoms with Gasteiger partial charge in [0.15, 0.2) is 0 Å². The standard InChI is InChI=1S/C19H19N3O3/c1-25-17-9-5-3-6-14(17)10-11-20-18(23)13-22-19(24)16-8-4-2-7-15(16)12-21-22/h2-9,12H,10-11,13H2,1H3,(H,20,23). The van der Waals surface area contributed by atoms with E-state index < -0.39 is 0 Å². The summed E-state index contributed by atoms with van der Waals surface area (Å²) in [5.41, 5.74) is 0.754. The van der Waals surface area contributed by atoms with Crippen LogP contribution in [0, 0.1) is 0 Å². The molecule has 0 spiro atoms. The maximum atomic E-state index is 12.3. The predicted octanol–water partition coefficient (Wildman–Crippen LogP) is 1.76. The average Bonchev–Trinajstić information content (AvgIpc) is 2.64. The van der Waals surface area contributed by atoms with E-state index in [1.807, 2.05) is 36.4 Å². The van der Waals surface area contributed by atoms with E-state index in [1.165, 1.54) is 4.68 Å². The minimum Gasteiger partial charge on any atom is -0.496 e. The van der Waals surface area contributed by atoms with E-state index in [1.54, 1.807) is 25.4 Å². The summed E-state index contributed by atoms with van der Waals surface area (Å²) in [5.74, 6) is 0.545. The van der Waals surface area contributed by atoms with Gasteiger partial charge in [0, 0.05) is 11.9 Å². The van der Waals surface area contributed by atoms with Crippen LogP contribution in [0.25, 0.3) is 10.8 Å². The van der Waals surface area contributed by atoms with Gasteiger partial charge in [-0.1, -0.05) is 36.4 Å². The molecule has 0 bridgehead atoms. The SMILES string of the molecule is COc1ccccc1CCNC(=O)Cn1ncc2ccccc2c1=O. The van der Waals surface area contributed by atoms with Crippen LogP contribution in [-0.2, 0) is 17.8 Å². The van der Waals surface area contributed by atoms with E-state index in [2.05, 4.69) is 10.4 Å². The van der Waals surface area contributed by atoms with Gasteiger partial charge in [0.25, 0.3) is 5.56 Å². The number of carbonyl (C=O) groups excluding carboxylic acids is 1. The summed E-state index contributed by atoms with van der Waals surface area (Å²) in [7, 11) is 1.62. The molecule has 0 unspecified atom stereocenters. The van der Waals surface area contributed by atoms with Crippen molar-refractivity contribution in [3.05, 3.63) is 70.6 Å². The highest BCUT2D eigenvalue weighted by molar-refractivity contribution is 5.81. The lowest BCUT2D eigenvalue weighted by Crippen LogP contribution is -2.34. The van der Waals surface area contributed by atoms with Gasteiger partial charge in [-0.15, -0.1) is 0 Å².